The van der Waals surface area contributed by atoms with Gasteiger partial charge in [0.05, 0.1) is 10.6 Å². The standard InChI is InChI=1S/C18H23F4N5S/c19-11-7-13(16-14(8-11)28-26-17(25-16)10-1-2-10)27-6-3-12(24-5-4-23)9-15(27)18(20,21)22/h7-8,10,12,15,24H,1-6,9,23H2,(H,25,26)/t12-,15+/m1/s1. The molecule has 2 atom stereocenters. The minimum atomic E-state index is -4.43. The lowest BCUT2D eigenvalue weighted by Gasteiger charge is -2.42. The van der Waals surface area contributed by atoms with Crippen molar-refractivity contribution >= 4 is 29.2 Å². The van der Waals surface area contributed by atoms with E-state index >= 15 is 0 Å². The first-order valence-electron chi connectivity index (χ1n) is 9.48. The summed E-state index contributed by atoms with van der Waals surface area (Å²) in [7, 11) is 0. The molecule has 5 nitrogen and oxygen atoms in total. The van der Waals surface area contributed by atoms with Crippen LogP contribution in [0.1, 0.15) is 25.7 Å². The van der Waals surface area contributed by atoms with Crippen LogP contribution in [0, 0.1) is 11.7 Å². The molecule has 0 bridgehead atoms. The number of rotatable bonds is 5. The third-order valence-corrected chi connectivity index (χ3v) is 6.19. The van der Waals surface area contributed by atoms with Crippen molar-refractivity contribution in [1.82, 2.24) is 10.0 Å². The molecule has 0 amide bonds. The Hall–Kier alpha value is -1.52. The van der Waals surface area contributed by atoms with E-state index in [0.29, 0.717) is 36.0 Å². The quantitative estimate of drug-likeness (QED) is 0.507. The van der Waals surface area contributed by atoms with E-state index in [1.807, 2.05) is 0 Å². The molecule has 1 saturated carbocycles. The number of nitrogens with two attached hydrogens (primary N) is 1. The van der Waals surface area contributed by atoms with Gasteiger partial charge in [-0.25, -0.2) is 9.38 Å². The zero-order valence-electron chi connectivity index (χ0n) is 15.2. The maximum absolute atomic E-state index is 14.2. The van der Waals surface area contributed by atoms with E-state index in [2.05, 4.69) is 15.0 Å². The smallest absolute Gasteiger partial charge is 0.358 e. The SMILES string of the molecule is NCCN[C@@H]1CCN(c2cc(F)cc3c2N=C(C2CC2)NS3)[C@H](C(F)(F)F)C1. The van der Waals surface area contributed by atoms with Crippen LogP contribution in [0.2, 0.25) is 0 Å². The number of amidine groups is 1. The Morgan fingerprint density at radius 2 is 2.07 bits per heavy atom. The van der Waals surface area contributed by atoms with Crippen molar-refractivity contribution in [1.29, 1.82) is 0 Å². The topological polar surface area (TPSA) is 65.7 Å². The fraction of sp³-hybridized carbons (Fsp3) is 0.611. The first kappa shape index (κ1) is 19.8. The number of benzene rings is 1. The van der Waals surface area contributed by atoms with Crippen LogP contribution in [0.25, 0.3) is 0 Å². The molecular formula is C18H23F4N5S. The predicted octanol–water partition coefficient (Wildman–Crippen LogP) is 3.32. The van der Waals surface area contributed by atoms with Crippen LogP contribution in [0.5, 0.6) is 0 Å². The number of hydrogen-bond donors (Lipinski definition) is 3. The summed E-state index contributed by atoms with van der Waals surface area (Å²) in [4.78, 5) is 6.38. The fourth-order valence-corrected chi connectivity index (χ4v) is 4.63. The van der Waals surface area contributed by atoms with E-state index in [-0.39, 0.29) is 24.7 Å². The van der Waals surface area contributed by atoms with Crippen LogP contribution < -0.4 is 20.7 Å². The van der Waals surface area contributed by atoms with E-state index in [9.17, 15) is 17.6 Å². The number of aliphatic imine (C=N–C) groups is 1. The van der Waals surface area contributed by atoms with Crippen LogP contribution in [0.15, 0.2) is 22.0 Å². The van der Waals surface area contributed by atoms with Gasteiger partial charge < -0.3 is 20.7 Å². The number of nitrogens with one attached hydrogen (secondary N) is 2. The summed E-state index contributed by atoms with van der Waals surface area (Å²) < 4.78 is 59.0. The zero-order valence-corrected chi connectivity index (χ0v) is 16.0. The van der Waals surface area contributed by atoms with Gasteiger partial charge in [-0.15, -0.1) is 0 Å². The van der Waals surface area contributed by atoms with Crippen LogP contribution in [-0.2, 0) is 0 Å². The van der Waals surface area contributed by atoms with Crippen molar-refractivity contribution in [2.24, 2.45) is 16.6 Å². The Morgan fingerprint density at radius 3 is 2.75 bits per heavy atom. The lowest BCUT2D eigenvalue weighted by molar-refractivity contribution is -0.154. The first-order chi connectivity index (χ1) is 13.4. The third-order valence-electron chi connectivity index (χ3n) is 5.35. The number of piperidine rings is 1. The van der Waals surface area contributed by atoms with Crippen LogP contribution in [-0.4, -0.2) is 43.7 Å². The van der Waals surface area contributed by atoms with Crippen molar-refractivity contribution in [2.45, 2.75) is 48.8 Å². The van der Waals surface area contributed by atoms with Crippen molar-refractivity contribution in [3.8, 4) is 0 Å². The molecule has 2 heterocycles. The number of halogens is 4. The first-order valence-corrected chi connectivity index (χ1v) is 10.3. The molecule has 154 valence electrons. The average Bonchev–Trinajstić information content (AvgIpc) is 3.50. The molecule has 1 aromatic rings. The lowest BCUT2D eigenvalue weighted by Crippen LogP contribution is -2.55. The van der Waals surface area contributed by atoms with Crippen LogP contribution >= 0.6 is 11.9 Å². The highest BCUT2D eigenvalue weighted by molar-refractivity contribution is 7.98. The van der Waals surface area contributed by atoms with E-state index in [4.69, 9.17) is 5.73 Å². The summed E-state index contributed by atoms with van der Waals surface area (Å²) in [5.41, 5.74) is 6.12. The lowest BCUT2D eigenvalue weighted by atomic mass is 9.95. The van der Waals surface area contributed by atoms with Gasteiger partial charge in [0, 0.05) is 31.6 Å². The van der Waals surface area contributed by atoms with Crippen molar-refractivity contribution in [2.75, 3.05) is 24.5 Å². The van der Waals surface area contributed by atoms with Gasteiger partial charge in [0.2, 0.25) is 0 Å². The number of fused-ring (bicyclic) bond motifs is 1. The second-order valence-electron chi connectivity index (χ2n) is 7.46. The molecule has 0 spiro atoms. The highest BCUT2D eigenvalue weighted by atomic mass is 32.2. The molecule has 4 rings (SSSR count). The Kier molecular flexibility index (Phi) is 5.45. The molecule has 0 radical (unpaired) electrons. The maximum Gasteiger partial charge on any atom is 0.408 e. The van der Waals surface area contributed by atoms with Gasteiger partial charge in [0.25, 0.3) is 0 Å². The van der Waals surface area contributed by atoms with Crippen molar-refractivity contribution in [3.05, 3.63) is 17.9 Å². The van der Waals surface area contributed by atoms with Gasteiger partial charge in [-0.2, -0.15) is 13.2 Å². The van der Waals surface area contributed by atoms with Gasteiger partial charge in [0.15, 0.2) is 0 Å². The monoisotopic (exact) mass is 417 g/mol. The average molecular weight is 417 g/mol. The Balaban J connectivity index is 1.68. The number of hydrogen-bond acceptors (Lipinski definition) is 6. The minimum absolute atomic E-state index is 0.0978. The van der Waals surface area contributed by atoms with Crippen molar-refractivity contribution < 1.29 is 17.6 Å². The molecular weight excluding hydrogens is 394 g/mol. The summed E-state index contributed by atoms with van der Waals surface area (Å²) in [6.45, 7) is 1.02. The highest BCUT2D eigenvalue weighted by Gasteiger charge is 2.47. The Labute approximate surface area is 165 Å². The third kappa shape index (κ3) is 4.08. The summed E-state index contributed by atoms with van der Waals surface area (Å²) in [6, 6.07) is 0.548. The molecule has 1 aromatic carbocycles. The molecule has 2 fully saturated rings. The molecule has 10 heteroatoms. The van der Waals surface area contributed by atoms with Gasteiger partial charge in [-0.05, 0) is 49.8 Å². The normalized spacial score (nSPS) is 25.2. The predicted molar refractivity (Wildman–Crippen MR) is 102 cm³/mol. The van der Waals surface area contributed by atoms with Crippen molar-refractivity contribution in [3.63, 3.8) is 0 Å². The van der Waals surface area contributed by atoms with Gasteiger partial charge >= 0.3 is 6.18 Å². The number of nitrogens with zero attached hydrogens (tertiary/aromatic N) is 2. The van der Waals surface area contributed by atoms with E-state index < -0.39 is 18.0 Å². The summed E-state index contributed by atoms with van der Waals surface area (Å²) in [5.74, 6) is 0.536. The summed E-state index contributed by atoms with van der Waals surface area (Å²) >= 11 is 1.22. The summed E-state index contributed by atoms with van der Waals surface area (Å²) in [5, 5.41) is 3.08. The second-order valence-corrected chi connectivity index (χ2v) is 8.31. The van der Waals surface area contributed by atoms with Gasteiger partial charge in [-0.1, -0.05) is 0 Å². The molecule has 0 unspecified atom stereocenters. The zero-order chi connectivity index (χ0) is 19.9. The van der Waals surface area contributed by atoms with E-state index in [1.165, 1.54) is 29.0 Å². The Bertz CT molecular complexity index is 765. The Morgan fingerprint density at radius 1 is 1.29 bits per heavy atom. The largest absolute Gasteiger partial charge is 0.408 e. The highest BCUT2D eigenvalue weighted by Crippen LogP contribution is 2.46. The molecule has 28 heavy (non-hydrogen) atoms. The molecule has 2 aliphatic heterocycles. The number of alkyl halides is 3. The summed E-state index contributed by atoms with van der Waals surface area (Å²) in [6.07, 6.45) is -1.96. The van der Waals surface area contributed by atoms with Crippen LogP contribution in [0.3, 0.4) is 0 Å². The van der Waals surface area contributed by atoms with Gasteiger partial charge in [-0.3, -0.25) is 0 Å². The van der Waals surface area contributed by atoms with E-state index in [1.54, 1.807) is 0 Å². The molecule has 1 aliphatic carbocycles. The van der Waals surface area contributed by atoms with E-state index in [0.717, 1.165) is 18.7 Å². The number of anilines is 1. The molecule has 3 aliphatic rings. The maximum atomic E-state index is 14.2. The fourth-order valence-electron chi connectivity index (χ4n) is 3.79. The minimum Gasteiger partial charge on any atom is -0.358 e. The molecule has 4 N–H and O–H groups in total. The molecule has 0 aromatic heterocycles. The molecule has 1 saturated heterocycles. The second kappa shape index (κ2) is 7.72. The van der Waals surface area contributed by atoms with Gasteiger partial charge in [0.1, 0.15) is 23.4 Å². The van der Waals surface area contributed by atoms with Crippen LogP contribution in [0.4, 0.5) is 28.9 Å².